The Bertz CT molecular complexity index is 1250. The van der Waals surface area contributed by atoms with Crippen LogP contribution < -0.4 is 0 Å². The Balaban J connectivity index is 1.90. The number of halogens is 1. The van der Waals surface area contributed by atoms with Crippen LogP contribution in [-0.2, 0) is 0 Å². The van der Waals surface area contributed by atoms with Crippen molar-refractivity contribution >= 4 is 11.6 Å². The quantitative estimate of drug-likeness (QED) is 0.181. The topological polar surface area (TPSA) is 0 Å². The van der Waals surface area contributed by atoms with E-state index in [0.29, 0.717) is 0 Å². The normalized spacial score (nSPS) is 23.5. The fraction of sp³-hybridized carbons (Fsp3) is 0.450. The summed E-state index contributed by atoms with van der Waals surface area (Å²) < 4.78 is 0. The van der Waals surface area contributed by atoms with Crippen molar-refractivity contribution in [3.05, 3.63) is 130 Å². The molecule has 0 aromatic carbocycles. The van der Waals surface area contributed by atoms with Gasteiger partial charge in [0.15, 0.2) is 0 Å². The van der Waals surface area contributed by atoms with Gasteiger partial charge >= 0.3 is 0 Å². The summed E-state index contributed by atoms with van der Waals surface area (Å²) in [7, 11) is 0. The molecule has 222 valence electrons. The molecule has 2 rings (SSSR count). The Morgan fingerprint density at radius 3 is 1.54 bits per heavy atom. The Kier molecular flexibility index (Phi) is 13.7. The van der Waals surface area contributed by atoms with Gasteiger partial charge in [0.05, 0.1) is 0 Å². The molecule has 0 saturated carbocycles. The summed E-state index contributed by atoms with van der Waals surface area (Å²) in [5.74, 6) is 0. The van der Waals surface area contributed by atoms with Crippen LogP contribution in [0, 0.1) is 10.8 Å². The molecule has 0 aromatic heterocycles. The zero-order chi connectivity index (χ0) is 30.6. The van der Waals surface area contributed by atoms with Crippen LogP contribution in [0.15, 0.2) is 130 Å². The largest absolute Gasteiger partial charge is 0.123 e. The molecule has 1 unspecified atom stereocenters. The second-order valence-electron chi connectivity index (χ2n) is 13.4. The van der Waals surface area contributed by atoms with E-state index in [4.69, 9.17) is 11.6 Å². The third-order valence-electron chi connectivity index (χ3n) is 8.28. The molecule has 2 aliphatic carbocycles. The lowest BCUT2D eigenvalue weighted by Gasteiger charge is -2.35. The van der Waals surface area contributed by atoms with E-state index >= 15 is 0 Å². The highest BCUT2D eigenvalue weighted by molar-refractivity contribution is 6.20. The summed E-state index contributed by atoms with van der Waals surface area (Å²) in [4.78, 5) is 0. The summed E-state index contributed by atoms with van der Waals surface area (Å²) in [5, 5.41) is 0.252. The van der Waals surface area contributed by atoms with E-state index < -0.39 is 0 Å². The van der Waals surface area contributed by atoms with Gasteiger partial charge in [-0.2, -0.15) is 0 Å². The lowest BCUT2D eigenvalue weighted by molar-refractivity contribution is 0.377. The third kappa shape index (κ3) is 12.1. The average molecular weight is 571 g/mol. The Morgan fingerprint density at radius 1 is 0.634 bits per heavy atom. The monoisotopic (exact) mass is 570 g/mol. The van der Waals surface area contributed by atoms with Gasteiger partial charge < -0.3 is 0 Å². The van der Waals surface area contributed by atoms with E-state index in [2.05, 4.69) is 154 Å². The van der Waals surface area contributed by atoms with Crippen LogP contribution in [0.1, 0.15) is 101 Å². The number of hydrogen-bond donors (Lipinski definition) is 0. The van der Waals surface area contributed by atoms with Gasteiger partial charge in [-0.15, -0.1) is 11.6 Å². The molecule has 0 saturated heterocycles. The van der Waals surface area contributed by atoms with Crippen molar-refractivity contribution in [3.63, 3.8) is 0 Å². The smallest absolute Gasteiger partial charge is 0.0381 e. The zero-order valence-electron chi connectivity index (χ0n) is 27.6. The Labute approximate surface area is 258 Å². The molecule has 41 heavy (non-hydrogen) atoms. The molecule has 0 amide bonds. The van der Waals surface area contributed by atoms with Crippen molar-refractivity contribution in [2.75, 3.05) is 0 Å². The summed E-state index contributed by atoms with van der Waals surface area (Å²) >= 11 is 6.45. The van der Waals surface area contributed by atoms with Crippen molar-refractivity contribution in [2.24, 2.45) is 10.8 Å². The van der Waals surface area contributed by atoms with Gasteiger partial charge in [-0.1, -0.05) is 146 Å². The fourth-order valence-electron chi connectivity index (χ4n) is 5.90. The van der Waals surface area contributed by atoms with Crippen LogP contribution in [0.25, 0.3) is 0 Å². The zero-order valence-corrected chi connectivity index (χ0v) is 28.3. The molecular weight excluding hydrogens is 516 g/mol. The predicted molar refractivity (Wildman–Crippen MR) is 186 cm³/mol. The van der Waals surface area contributed by atoms with Gasteiger partial charge in [0.1, 0.15) is 0 Å². The maximum atomic E-state index is 6.45. The van der Waals surface area contributed by atoms with Crippen LogP contribution in [0.3, 0.4) is 0 Å². The van der Waals surface area contributed by atoms with E-state index in [9.17, 15) is 0 Å². The van der Waals surface area contributed by atoms with E-state index in [1.807, 2.05) is 0 Å². The first-order valence-electron chi connectivity index (χ1n) is 15.3. The fourth-order valence-corrected chi connectivity index (χ4v) is 6.52. The molecule has 0 nitrogen and oxygen atoms in total. The Hall–Kier alpha value is -2.57. The molecule has 0 heterocycles. The minimum Gasteiger partial charge on any atom is -0.123 e. The van der Waals surface area contributed by atoms with Crippen molar-refractivity contribution in [2.45, 2.75) is 107 Å². The highest BCUT2D eigenvalue weighted by Gasteiger charge is 2.31. The minimum absolute atomic E-state index is 0.131. The van der Waals surface area contributed by atoms with Gasteiger partial charge in [-0.3, -0.25) is 0 Å². The lowest BCUT2D eigenvalue weighted by Crippen LogP contribution is -2.25. The lowest BCUT2D eigenvalue weighted by atomic mass is 9.72. The highest BCUT2D eigenvalue weighted by atomic mass is 35.5. The standard InChI is InChI=1S/C40H55Cl/c1-30(18-13-20-32(3)23-25-37-34(5)22-15-27-39(37,7)8)16-11-12-17-31(2)19-14-21-33(4)24-26-38-35(6)28-36(41)29-40(38,9)10/h11-14,16-21,23-26,36H,15,22,27-29H2,1-10H3/b12-11+,18-13+,19-14+,25-23+,26-24+,30-16+,31-17+,32-20+,33-21+. The molecule has 0 fully saturated rings. The summed E-state index contributed by atoms with van der Waals surface area (Å²) in [5.41, 5.74) is 11.3. The molecule has 2 aliphatic rings. The van der Waals surface area contributed by atoms with Crippen LogP contribution >= 0.6 is 11.6 Å². The van der Waals surface area contributed by atoms with Crippen molar-refractivity contribution in [1.82, 2.24) is 0 Å². The number of hydrogen-bond acceptors (Lipinski definition) is 0. The highest BCUT2D eigenvalue weighted by Crippen LogP contribution is 2.43. The molecular formula is C40H55Cl. The van der Waals surface area contributed by atoms with Crippen LogP contribution in [0.4, 0.5) is 0 Å². The molecule has 0 N–H and O–H groups in total. The van der Waals surface area contributed by atoms with Crippen molar-refractivity contribution in [1.29, 1.82) is 0 Å². The molecule has 0 spiro atoms. The summed E-state index contributed by atoms with van der Waals surface area (Å²) in [6, 6.07) is 0. The average Bonchev–Trinajstić information content (AvgIpc) is 2.84. The molecule has 1 atom stereocenters. The molecule has 0 aromatic rings. The van der Waals surface area contributed by atoms with Gasteiger partial charge in [0.25, 0.3) is 0 Å². The summed E-state index contributed by atoms with van der Waals surface area (Å²) in [6.07, 6.45) is 36.4. The molecule has 0 radical (unpaired) electrons. The maximum Gasteiger partial charge on any atom is 0.0381 e. The first-order valence-corrected chi connectivity index (χ1v) is 15.8. The SMILES string of the molecule is CC1=C(/C=C/C(C)=C/C=C/C(C)=C/C=C/C=C(C)/C=C/C=C(C)/C=C/C2=C(C)CC(Cl)CC2(C)C)C(C)(C)CCC1. The second-order valence-corrected chi connectivity index (χ2v) is 14.0. The van der Waals surface area contributed by atoms with Gasteiger partial charge in [0.2, 0.25) is 0 Å². The first kappa shape index (κ1) is 34.6. The van der Waals surface area contributed by atoms with Crippen LogP contribution in [0.5, 0.6) is 0 Å². The van der Waals surface area contributed by atoms with Crippen LogP contribution in [0.2, 0.25) is 0 Å². The molecule has 0 bridgehead atoms. The summed E-state index contributed by atoms with van der Waals surface area (Å²) in [6.45, 7) is 22.4. The minimum atomic E-state index is 0.131. The predicted octanol–water partition coefficient (Wildman–Crippen LogP) is 12.8. The van der Waals surface area contributed by atoms with Gasteiger partial charge in [0, 0.05) is 5.38 Å². The van der Waals surface area contributed by atoms with E-state index in [-0.39, 0.29) is 16.2 Å². The third-order valence-corrected chi connectivity index (χ3v) is 8.59. The van der Waals surface area contributed by atoms with E-state index in [0.717, 1.165) is 12.8 Å². The van der Waals surface area contributed by atoms with Crippen molar-refractivity contribution < 1.29 is 0 Å². The van der Waals surface area contributed by atoms with Gasteiger partial charge in [-0.05, 0) is 95.6 Å². The molecule has 1 heteroatoms. The molecule has 0 aliphatic heterocycles. The van der Waals surface area contributed by atoms with Gasteiger partial charge in [-0.25, -0.2) is 0 Å². The number of alkyl halides is 1. The van der Waals surface area contributed by atoms with E-state index in [1.165, 1.54) is 58.3 Å². The number of allylic oxidation sites excluding steroid dienone is 22. The maximum absolute atomic E-state index is 6.45. The number of rotatable bonds is 10. The Morgan fingerprint density at radius 2 is 1.07 bits per heavy atom. The van der Waals surface area contributed by atoms with Crippen molar-refractivity contribution in [3.8, 4) is 0 Å². The first-order chi connectivity index (χ1) is 19.2. The van der Waals surface area contributed by atoms with E-state index in [1.54, 1.807) is 5.57 Å². The van der Waals surface area contributed by atoms with Crippen LogP contribution in [-0.4, -0.2) is 5.38 Å². The second kappa shape index (κ2) is 16.2.